The highest BCUT2D eigenvalue weighted by Crippen LogP contribution is 2.60. The van der Waals surface area contributed by atoms with Crippen LogP contribution in [0.1, 0.15) is 52.4 Å². The van der Waals surface area contributed by atoms with Gasteiger partial charge in [0.1, 0.15) is 0 Å². The summed E-state index contributed by atoms with van der Waals surface area (Å²) in [5.41, 5.74) is 2.21. The van der Waals surface area contributed by atoms with Gasteiger partial charge in [0.2, 0.25) is 0 Å². The molecule has 0 saturated heterocycles. The van der Waals surface area contributed by atoms with Crippen molar-refractivity contribution in [3.63, 3.8) is 0 Å². The molecule has 0 heterocycles. The topological polar surface area (TPSA) is 0 Å². The van der Waals surface area contributed by atoms with Gasteiger partial charge in [-0.05, 0) is 61.2 Å². The van der Waals surface area contributed by atoms with Gasteiger partial charge in [0.05, 0.1) is 0 Å². The molecule has 0 spiro atoms. The summed E-state index contributed by atoms with van der Waals surface area (Å²) < 4.78 is 0. The number of hydrogen-bond acceptors (Lipinski definition) is 0. The second kappa shape index (κ2) is 3.12. The van der Waals surface area contributed by atoms with Gasteiger partial charge < -0.3 is 0 Å². The van der Waals surface area contributed by atoms with Crippen molar-refractivity contribution >= 4 is 0 Å². The van der Waals surface area contributed by atoms with E-state index in [1.165, 1.54) is 38.5 Å². The van der Waals surface area contributed by atoms with Gasteiger partial charge >= 0.3 is 0 Å². The minimum Gasteiger partial charge on any atom is -0.0996 e. The molecule has 4 fully saturated rings. The van der Waals surface area contributed by atoms with Gasteiger partial charge in [-0.15, -0.1) is 0 Å². The van der Waals surface area contributed by atoms with E-state index in [0.717, 1.165) is 23.7 Å². The van der Waals surface area contributed by atoms with Crippen molar-refractivity contribution in [1.29, 1.82) is 0 Å². The third kappa shape index (κ3) is 1.33. The predicted molar refractivity (Wildman–Crippen MR) is 64.6 cm³/mol. The maximum absolute atomic E-state index is 4.35. The summed E-state index contributed by atoms with van der Waals surface area (Å²) in [7, 11) is 0. The van der Waals surface area contributed by atoms with Crippen LogP contribution in [0, 0.1) is 29.1 Å². The SMILES string of the molecule is C=C1C[C@]2(C)CC[C@@H]1C[C@@H]1[C@H](C)CC[C@@H]12. The molecule has 5 atom stereocenters. The molecular weight excluding hydrogens is 180 g/mol. The minimum absolute atomic E-state index is 0.625. The first-order valence-corrected chi connectivity index (χ1v) is 6.78. The van der Waals surface area contributed by atoms with E-state index in [0.29, 0.717) is 5.41 Å². The molecule has 0 unspecified atom stereocenters. The first-order chi connectivity index (χ1) is 7.10. The van der Waals surface area contributed by atoms with Crippen molar-refractivity contribution in [3.8, 4) is 0 Å². The Morgan fingerprint density at radius 1 is 1.27 bits per heavy atom. The lowest BCUT2D eigenvalue weighted by Gasteiger charge is -2.40. The highest BCUT2D eigenvalue weighted by molar-refractivity contribution is 5.15. The first kappa shape index (κ1) is 9.93. The van der Waals surface area contributed by atoms with Gasteiger partial charge in [-0.25, -0.2) is 0 Å². The van der Waals surface area contributed by atoms with Crippen LogP contribution >= 0.6 is 0 Å². The molecule has 0 aromatic heterocycles. The molecule has 0 aromatic carbocycles. The fraction of sp³-hybridized carbons (Fsp3) is 0.867. The summed E-state index contributed by atoms with van der Waals surface area (Å²) in [6.07, 6.45) is 8.72. The maximum Gasteiger partial charge on any atom is -0.0203 e. The Balaban J connectivity index is 1.98. The van der Waals surface area contributed by atoms with E-state index in [4.69, 9.17) is 0 Å². The number of allylic oxidation sites excluding steroid dienone is 1. The van der Waals surface area contributed by atoms with E-state index < -0.39 is 0 Å². The lowest BCUT2D eigenvalue weighted by Crippen LogP contribution is -2.30. The van der Waals surface area contributed by atoms with Gasteiger partial charge in [0.15, 0.2) is 0 Å². The summed E-state index contributed by atoms with van der Waals surface area (Å²) in [6.45, 7) is 9.39. The third-order valence-corrected chi connectivity index (χ3v) is 5.90. The molecule has 2 bridgehead atoms. The van der Waals surface area contributed by atoms with Gasteiger partial charge in [0, 0.05) is 0 Å². The second-order valence-corrected chi connectivity index (χ2v) is 6.79. The predicted octanol–water partition coefficient (Wildman–Crippen LogP) is 4.42. The molecule has 0 amide bonds. The van der Waals surface area contributed by atoms with Crippen molar-refractivity contribution in [1.82, 2.24) is 0 Å². The van der Waals surface area contributed by atoms with Crippen molar-refractivity contribution in [2.24, 2.45) is 29.1 Å². The lowest BCUT2D eigenvalue weighted by molar-refractivity contribution is 0.130. The molecule has 4 saturated carbocycles. The van der Waals surface area contributed by atoms with Crippen LogP contribution in [-0.2, 0) is 0 Å². The van der Waals surface area contributed by atoms with Crippen LogP contribution in [0.3, 0.4) is 0 Å². The molecule has 0 nitrogen and oxygen atoms in total. The van der Waals surface area contributed by atoms with Crippen LogP contribution in [0.5, 0.6) is 0 Å². The zero-order chi connectivity index (χ0) is 10.6. The molecule has 0 aliphatic heterocycles. The monoisotopic (exact) mass is 204 g/mol. The molecule has 0 aromatic rings. The lowest BCUT2D eigenvalue weighted by atomic mass is 9.65. The molecule has 0 radical (unpaired) electrons. The van der Waals surface area contributed by atoms with Gasteiger partial charge in [-0.3, -0.25) is 0 Å². The summed E-state index contributed by atoms with van der Waals surface area (Å²) >= 11 is 0. The highest BCUT2D eigenvalue weighted by Gasteiger charge is 2.50. The molecule has 4 aliphatic rings. The van der Waals surface area contributed by atoms with Crippen LogP contribution in [0.15, 0.2) is 12.2 Å². The minimum atomic E-state index is 0.625. The van der Waals surface area contributed by atoms with Crippen molar-refractivity contribution in [2.75, 3.05) is 0 Å². The Bertz CT molecular complexity index is 290. The van der Waals surface area contributed by atoms with Gasteiger partial charge in [0.25, 0.3) is 0 Å². The van der Waals surface area contributed by atoms with E-state index in [2.05, 4.69) is 20.4 Å². The molecule has 0 heteroatoms. The van der Waals surface area contributed by atoms with Crippen LogP contribution in [0.25, 0.3) is 0 Å². The van der Waals surface area contributed by atoms with E-state index in [1.807, 2.05) is 0 Å². The van der Waals surface area contributed by atoms with E-state index in [-0.39, 0.29) is 0 Å². The summed E-state index contributed by atoms with van der Waals surface area (Å²) in [5.74, 6) is 3.92. The average molecular weight is 204 g/mol. The number of fused-ring (bicyclic) bond motifs is 2. The Hall–Kier alpha value is -0.260. The normalized spacial score (nSPS) is 54.1. The fourth-order valence-electron chi connectivity index (χ4n) is 4.92. The van der Waals surface area contributed by atoms with Crippen LogP contribution in [0.4, 0.5) is 0 Å². The Kier molecular flexibility index (Phi) is 2.06. The van der Waals surface area contributed by atoms with Gasteiger partial charge in [-0.2, -0.15) is 0 Å². The molecule has 0 N–H and O–H groups in total. The van der Waals surface area contributed by atoms with Crippen LogP contribution in [-0.4, -0.2) is 0 Å². The maximum atomic E-state index is 4.35. The molecule has 84 valence electrons. The van der Waals surface area contributed by atoms with E-state index in [1.54, 1.807) is 5.57 Å². The number of rotatable bonds is 0. The third-order valence-electron chi connectivity index (χ3n) is 5.90. The van der Waals surface area contributed by atoms with Gasteiger partial charge in [-0.1, -0.05) is 32.4 Å². The average Bonchev–Trinajstić information content (AvgIpc) is 2.41. The molecule has 4 aliphatic carbocycles. The molecular formula is C15H24. The van der Waals surface area contributed by atoms with Crippen LogP contribution < -0.4 is 0 Å². The largest absolute Gasteiger partial charge is 0.0996 e. The molecule has 4 rings (SSSR count). The smallest absolute Gasteiger partial charge is 0.0203 e. The fourth-order valence-corrected chi connectivity index (χ4v) is 4.92. The van der Waals surface area contributed by atoms with E-state index in [9.17, 15) is 0 Å². The Morgan fingerprint density at radius 3 is 2.80 bits per heavy atom. The van der Waals surface area contributed by atoms with E-state index >= 15 is 0 Å². The molecule has 15 heavy (non-hydrogen) atoms. The number of hydrogen-bond donors (Lipinski definition) is 0. The quantitative estimate of drug-likeness (QED) is 0.513. The second-order valence-electron chi connectivity index (χ2n) is 6.79. The summed E-state index contributed by atoms with van der Waals surface area (Å²) in [6, 6.07) is 0. The zero-order valence-corrected chi connectivity index (χ0v) is 10.3. The first-order valence-electron chi connectivity index (χ1n) is 6.78. The van der Waals surface area contributed by atoms with Crippen LogP contribution in [0.2, 0.25) is 0 Å². The summed E-state index contributed by atoms with van der Waals surface area (Å²) in [5, 5.41) is 0. The van der Waals surface area contributed by atoms with Crippen molar-refractivity contribution < 1.29 is 0 Å². The summed E-state index contributed by atoms with van der Waals surface area (Å²) in [4.78, 5) is 0. The highest BCUT2D eigenvalue weighted by atomic mass is 14.6. The van der Waals surface area contributed by atoms with Crippen molar-refractivity contribution in [3.05, 3.63) is 12.2 Å². The Morgan fingerprint density at radius 2 is 2.07 bits per heavy atom. The van der Waals surface area contributed by atoms with Crippen molar-refractivity contribution in [2.45, 2.75) is 52.4 Å². The Labute approximate surface area is 94.1 Å². The zero-order valence-electron chi connectivity index (χ0n) is 10.3. The standard InChI is InChI=1S/C15H24/c1-10-4-5-14-13(10)8-12-6-7-15(14,3)9-11(12)2/h10,12-14H,2,4-9H2,1,3H3/t10-,12-,13-,14+,15+/m1/s1.